The van der Waals surface area contributed by atoms with E-state index in [0.717, 1.165) is 53.5 Å². The summed E-state index contributed by atoms with van der Waals surface area (Å²) >= 11 is 6.13. The molecule has 1 heterocycles. The molecular formula is C46H52ClNO4. The van der Waals surface area contributed by atoms with Crippen molar-refractivity contribution in [1.82, 2.24) is 4.90 Å². The van der Waals surface area contributed by atoms with E-state index < -0.39 is 22.7 Å². The van der Waals surface area contributed by atoms with Crippen molar-refractivity contribution >= 4 is 17.4 Å². The number of benzene rings is 4. The number of halogens is 1. The summed E-state index contributed by atoms with van der Waals surface area (Å²) in [7, 11) is 0. The Balaban J connectivity index is 1.20. The zero-order chi connectivity index (χ0) is 36.5. The molecule has 2 fully saturated rings. The maximum atomic E-state index is 14.6. The van der Waals surface area contributed by atoms with Crippen LogP contribution in [0, 0.1) is 5.41 Å². The fourth-order valence-corrected chi connectivity index (χ4v) is 9.42. The number of aliphatic hydroxyl groups is 3. The van der Waals surface area contributed by atoms with E-state index in [1.807, 2.05) is 72.8 Å². The number of likely N-dealkylation sites (tertiary alicyclic amines) is 1. The van der Waals surface area contributed by atoms with Crippen LogP contribution in [0.1, 0.15) is 104 Å². The minimum Gasteiger partial charge on any atom is -0.393 e. The van der Waals surface area contributed by atoms with Crippen LogP contribution < -0.4 is 0 Å². The number of hydrogen-bond donors (Lipinski definition) is 3. The van der Waals surface area contributed by atoms with E-state index >= 15 is 0 Å². The summed E-state index contributed by atoms with van der Waals surface area (Å²) in [5.74, 6) is -0.0597. The SMILES string of the molecule is CC1=CCC[C@@]2(C)[C@@H](CC[C@@]2(O)CN2CCC(O)(c3ccc(Cl)cc3)CC2)c2ccc(cc2C(=O)c2ccc(-c3ccccc3)cc2)C[C@@H](O)CC1. The predicted octanol–water partition coefficient (Wildman–Crippen LogP) is 9.26. The normalized spacial score (nSPS) is 26.7. The van der Waals surface area contributed by atoms with Crippen LogP contribution in [0.4, 0.5) is 0 Å². The Labute approximate surface area is 314 Å². The molecular weight excluding hydrogens is 666 g/mol. The van der Waals surface area contributed by atoms with Gasteiger partial charge in [-0.3, -0.25) is 4.79 Å². The van der Waals surface area contributed by atoms with E-state index in [9.17, 15) is 20.1 Å². The summed E-state index contributed by atoms with van der Waals surface area (Å²) in [4.78, 5) is 16.9. The summed E-state index contributed by atoms with van der Waals surface area (Å²) in [6, 6.07) is 31.8. The lowest BCUT2D eigenvalue weighted by Gasteiger charge is -2.48. The van der Waals surface area contributed by atoms with Crippen LogP contribution in [0.15, 0.2) is 109 Å². The maximum Gasteiger partial charge on any atom is 0.193 e. The largest absolute Gasteiger partial charge is 0.393 e. The second kappa shape index (κ2) is 15.0. The molecule has 4 atom stereocenters. The number of fused-ring (bicyclic) bond motifs is 8. The first-order valence-electron chi connectivity index (χ1n) is 19.1. The second-order valence-corrected chi connectivity index (χ2v) is 16.5. The molecule has 5 nitrogen and oxygen atoms in total. The zero-order valence-corrected chi connectivity index (χ0v) is 31.3. The molecule has 1 saturated carbocycles. The fourth-order valence-electron chi connectivity index (χ4n) is 9.30. The molecule has 4 aromatic carbocycles. The standard InChI is InChI=1S/C46H52ClNO4/c1-32-7-6-23-44(2)42(22-24-46(44,52)31-48-27-25-45(51,26-28-48)37-16-18-38(47)19-17-37)40-21-11-33(29-39(49)20-10-32)30-41(40)43(50)36-14-12-35(13-15-36)34-8-4-3-5-9-34/h3-5,7-9,11-19,21,30,39,42,49,51-52H,6,10,20,22-29,31H2,1-2H3/t39-,42-,44-,46+/m0/s1. The van der Waals surface area contributed by atoms with Gasteiger partial charge >= 0.3 is 0 Å². The number of allylic oxidation sites excluding steroid dienone is 2. The molecule has 1 aliphatic heterocycles. The van der Waals surface area contributed by atoms with Gasteiger partial charge in [0, 0.05) is 41.2 Å². The number of carbonyl (C=O) groups is 1. The number of hydrogen-bond acceptors (Lipinski definition) is 5. The Kier molecular flexibility index (Phi) is 10.6. The molecule has 8 rings (SSSR count). The number of ketones is 1. The average Bonchev–Trinajstić information content (AvgIpc) is 3.40. The molecule has 0 radical (unpaired) electrons. The summed E-state index contributed by atoms with van der Waals surface area (Å²) in [5.41, 5.74) is 5.16. The summed E-state index contributed by atoms with van der Waals surface area (Å²) in [5, 5.41) is 36.1. The highest BCUT2D eigenvalue weighted by Crippen LogP contribution is 2.59. The van der Waals surface area contributed by atoms with Gasteiger partial charge in [-0.05, 0) is 117 Å². The van der Waals surface area contributed by atoms with E-state index in [4.69, 9.17) is 11.6 Å². The van der Waals surface area contributed by atoms with Gasteiger partial charge in [-0.2, -0.15) is 0 Å². The number of carbonyl (C=O) groups excluding carboxylic acids is 1. The molecule has 0 unspecified atom stereocenters. The predicted molar refractivity (Wildman–Crippen MR) is 210 cm³/mol. The maximum absolute atomic E-state index is 14.6. The Morgan fingerprint density at radius 1 is 0.846 bits per heavy atom. The van der Waals surface area contributed by atoms with Crippen LogP contribution in [0.2, 0.25) is 5.02 Å². The monoisotopic (exact) mass is 717 g/mol. The Hall–Kier alpha value is -3.58. The molecule has 1 saturated heterocycles. The molecule has 3 N–H and O–H groups in total. The smallest absolute Gasteiger partial charge is 0.193 e. The molecule has 0 spiro atoms. The van der Waals surface area contributed by atoms with Crippen LogP contribution in [-0.2, 0) is 12.0 Å². The third-order valence-corrected chi connectivity index (χ3v) is 13.0. The summed E-state index contributed by atoms with van der Waals surface area (Å²) < 4.78 is 0. The number of β-amino-alcohol motifs (C(OH)–C–C–N with tert-alkyl or cyclic N) is 1. The van der Waals surface area contributed by atoms with E-state index in [2.05, 4.69) is 49.1 Å². The molecule has 3 aliphatic carbocycles. The highest BCUT2D eigenvalue weighted by atomic mass is 35.5. The molecule has 0 amide bonds. The number of rotatable bonds is 6. The third-order valence-electron chi connectivity index (χ3n) is 12.7. The van der Waals surface area contributed by atoms with Crippen LogP contribution in [0.5, 0.6) is 0 Å². The lowest BCUT2D eigenvalue weighted by Crippen LogP contribution is -2.55. The van der Waals surface area contributed by atoms with E-state index in [1.54, 1.807) is 0 Å². The van der Waals surface area contributed by atoms with Gasteiger partial charge in [0.05, 0.1) is 17.3 Å². The van der Waals surface area contributed by atoms with Crippen molar-refractivity contribution in [3.63, 3.8) is 0 Å². The quantitative estimate of drug-likeness (QED) is 0.137. The van der Waals surface area contributed by atoms with Crippen LogP contribution in [0.25, 0.3) is 11.1 Å². The topological polar surface area (TPSA) is 81.0 Å². The first kappa shape index (κ1) is 36.8. The van der Waals surface area contributed by atoms with Crippen molar-refractivity contribution in [2.45, 2.75) is 94.9 Å². The van der Waals surface area contributed by atoms with Crippen molar-refractivity contribution in [3.05, 3.63) is 142 Å². The Bertz CT molecular complexity index is 1900. The van der Waals surface area contributed by atoms with Gasteiger partial charge in [0.1, 0.15) is 0 Å². The molecule has 6 heteroatoms. The minimum atomic E-state index is -0.987. The molecule has 4 aromatic rings. The number of piperidine rings is 1. The van der Waals surface area contributed by atoms with Crippen molar-refractivity contribution in [2.24, 2.45) is 5.41 Å². The van der Waals surface area contributed by atoms with Crippen LogP contribution in [-0.4, -0.2) is 57.3 Å². The van der Waals surface area contributed by atoms with Crippen molar-refractivity contribution < 1.29 is 20.1 Å². The van der Waals surface area contributed by atoms with Gasteiger partial charge in [0.25, 0.3) is 0 Å². The second-order valence-electron chi connectivity index (χ2n) is 16.0. The average molecular weight is 718 g/mol. The summed E-state index contributed by atoms with van der Waals surface area (Å²) in [6.45, 7) is 6.27. The zero-order valence-electron chi connectivity index (χ0n) is 30.5. The minimum absolute atomic E-state index is 0.0240. The van der Waals surface area contributed by atoms with Gasteiger partial charge < -0.3 is 20.2 Å². The van der Waals surface area contributed by atoms with Gasteiger partial charge in [-0.1, -0.05) is 109 Å². The molecule has 52 heavy (non-hydrogen) atoms. The van der Waals surface area contributed by atoms with Gasteiger partial charge in [-0.15, -0.1) is 0 Å². The van der Waals surface area contributed by atoms with E-state index in [0.29, 0.717) is 67.9 Å². The molecule has 272 valence electrons. The van der Waals surface area contributed by atoms with Crippen LogP contribution >= 0.6 is 11.6 Å². The Morgan fingerprint density at radius 3 is 2.25 bits per heavy atom. The first-order chi connectivity index (χ1) is 25.0. The van der Waals surface area contributed by atoms with Gasteiger partial charge in [0.15, 0.2) is 5.78 Å². The summed E-state index contributed by atoms with van der Waals surface area (Å²) in [6.07, 6.45) is 7.93. The van der Waals surface area contributed by atoms with Crippen molar-refractivity contribution in [3.8, 4) is 11.1 Å². The van der Waals surface area contributed by atoms with E-state index in [-0.39, 0.29) is 11.7 Å². The van der Waals surface area contributed by atoms with Crippen molar-refractivity contribution in [2.75, 3.05) is 19.6 Å². The lowest BCUT2D eigenvalue weighted by molar-refractivity contribution is -0.101. The van der Waals surface area contributed by atoms with E-state index in [1.165, 1.54) is 5.57 Å². The highest BCUT2D eigenvalue weighted by molar-refractivity contribution is 6.30. The number of nitrogens with zero attached hydrogens (tertiary/aromatic N) is 1. The molecule has 4 aliphatic rings. The lowest BCUT2D eigenvalue weighted by atomic mass is 9.64. The van der Waals surface area contributed by atoms with Crippen LogP contribution in [0.3, 0.4) is 0 Å². The third kappa shape index (κ3) is 7.44. The number of aliphatic hydroxyl groups excluding tert-OH is 1. The highest BCUT2D eigenvalue weighted by Gasteiger charge is 2.57. The molecule has 2 bridgehead atoms. The van der Waals surface area contributed by atoms with Gasteiger partial charge in [-0.25, -0.2) is 0 Å². The van der Waals surface area contributed by atoms with Gasteiger partial charge in [0.2, 0.25) is 0 Å². The van der Waals surface area contributed by atoms with Crippen molar-refractivity contribution in [1.29, 1.82) is 0 Å². The Morgan fingerprint density at radius 2 is 1.54 bits per heavy atom. The molecule has 0 aromatic heterocycles. The fraction of sp³-hybridized carbons (Fsp3) is 0.413. The first-order valence-corrected chi connectivity index (χ1v) is 19.4.